The molecule has 4 nitrogen and oxygen atoms in total. The number of benzene rings is 2. The average Bonchev–Trinajstić information content (AvgIpc) is 3.09. The Bertz CT molecular complexity index is 871. The van der Waals surface area contributed by atoms with E-state index in [-0.39, 0.29) is 12.3 Å². The number of rotatable bonds is 5. The molecule has 1 N–H and O–H groups in total. The average molecular weight is 359 g/mol. The number of amides is 1. The highest BCUT2D eigenvalue weighted by Gasteiger charge is 2.29. The molecule has 0 unspecified atom stereocenters. The molecular formula is C19H16F3N3O. The third-order valence-corrected chi connectivity index (χ3v) is 3.79. The second kappa shape index (κ2) is 7.43. The van der Waals surface area contributed by atoms with Crippen molar-refractivity contribution in [2.75, 3.05) is 0 Å². The summed E-state index contributed by atoms with van der Waals surface area (Å²) in [7, 11) is 0. The molecule has 1 aromatic heterocycles. The van der Waals surface area contributed by atoms with Gasteiger partial charge in [0.15, 0.2) is 0 Å². The van der Waals surface area contributed by atoms with Crippen LogP contribution in [-0.2, 0) is 23.9 Å². The van der Waals surface area contributed by atoms with Crippen LogP contribution in [0.4, 0.5) is 13.2 Å². The van der Waals surface area contributed by atoms with Crippen molar-refractivity contribution in [2.24, 2.45) is 0 Å². The summed E-state index contributed by atoms with van der Waals surface area (Å²) in [6.07, 6.45) is -0.885. The van der Waals surface area contributed by atoms with Crippen molar-refractivity contribution in [1.29, 1.82) is 0 Å². The maximum absolute atomic E-state index is 12.5. The summed E-state index contributed by atoms with van der Waals surface area (Å²) in [5.41, 5.74) is 1.54. The molecule has 7 heteroatoms. The molecule has 0 aliphatic rings. The van der Waals surface area contributed by atoms with E-state index in [0.29, 0.717) is 12.1 Å². The first-order valence-corrected chi connectivity index (χ1v) is 7.93. The van der Waals surface area contributed by atoms with Gasteiger partial charge in [-0.25, -0.2) is 4.68 Å². The zero-order chi connectivity index (χ0) is 18.6. The SMILES string of the molecule is O=C(Cc1ccc(C(F)(F)F)cc1)NCc1cnn(-c2ccccc2)c1. The summed E-state index contributed by atoms with van der Waals surface area (Å²) < 4.78 is 39.3. The Hall–Kier alpha value is -3.09. The number of para-hydroxylation sites is 1. The minimum atomic E-state index is -4.38. The number of carbonyl (C=O) groups excluding carboxylic acids is 1. The maximum atomic E-state index is 12.5. The van der Waals surface area contributed by atoms with Gasteiger partial charge in [-0.1, -0.05) is 30.3 Å². The van der Waals surface area contributed by atoms with Gasteiger partial charge in [0.05, 0.1) is 23.9 Å². The van der Waals surface area contributed by atoms with Crippen molar-refractivity contribution < 1.29 is 18.0 Å². The number of carbonyl (C=O) groups is 1. The minimum absolute atomic E-state index is 0.0188. The molecule has 26 heavy (non-hydrogen) atoms. The van der Waals surface area contributed by atoms with Crippen LogP contribution in [0.1, 0.15) is 16.7 Å². The molecule has 3 aromatic rings. The molecule has 2 aromatic carbocycles. The van der Waals surface area contributed by atoms with Crippen molar-refractivity contribution in [3.05, 3.63) is 83.7 Å². The Morgan fingerprint density at radius 1 is 1.00 bits per heavy atom. The standard InChI is InChI=1S/C19H16F3N3O/c20-19(21,22)16-8-6-14(7-9-16)10-18(26)23-11-15-12-24-25(13-15)17-4-2-1-3-5-17/h1-9,12-13H,10-11H2,(H,23,26). The van der Waals surface area contributed by atoms with E-state index in [1.54, 1.807) is 10.9 Å². The molecule has 1 amide bonds. The lowest BCUT2D eigenvalue weighted by atomic mass is 10.1. The van der Waals surface area contributed by atoms with Crippen LogP contribution in [0.3, 0.4) is 0 Å². The Labute approximate surface area is 148 Å². The molecule has 1 heterocycles. The van der Waals surface area contributed by atoms with Crippen LogP contribution in [0.5, 0.6) is 0 Å². The van der Waals surface area contributed by atoms with E-state index in [9.17, 15) is 18.0 Å². The molecule has 0 aliphatic heterocycles. The molecule has 0 bridgehead atoms. The van der Waals surface area contributed by atoms with Gasteiger partial charge in [-0.15, -0.1) is 0 Å². The number of halogens is 3. The highest BCUT2D eigenvalue weighted by molar-refractivity contribution is 5.78. The van der Waals surface area contributed by atoms with Gasteiger partial charge in [0.25, 0.3) is 0 Å². The smallest absolute Gasteiger partial charge is 0.352 e. The molecule has 3 rings (SSSR count). The van der Waals surface area contributed by atoms with E-state index in [1.165, 1.54) is 12.1 Å². The van der Waals surface area contributed by atoms with Crippen LogP contribution in [0, 0.1) is 0 Å². The molecule has 0 atom stereocenters. The van der Waals surface area contributed by atoms with Crippen LogP contribution >= 0.6 is 0 Å². The van der Waals surface area contributed by atoms with E-state index in [4.69, 9.17) is 0 Å². The number of hydrogen-bond acceptors (Lipinski definition) is 2. The molecule has 134 valence electrons. The van der Waals surface area contributed by atoms with E-state index in [0.717, 1.165) is 23.4 Å². The number of aromatic nitrogens is 2. The van der Waals surface area contributed by atoms with Gasteiger partial charge in [0.2, 0.25) is 5.91 Å². The third kappa shape index (κ3) is 4.50. The summed E-state index contributed by atoms with van der Waals surface area (Å²) in [6, 6.07) is 14.1. The first-order chi connectivity index (χ1) is 12.4. The van der Waals surface area contributed by atoms with E-state index in [2.05, 4.69) is 10.4 Å². The first kappa shape index (κ1) is 17.7. The highest BCUT2D eigenvalue weighted by atomic mass is 19.4. The predicted molar refractivity (Wildman–Crippen MR) is 90.6 cm³/mol. The fourth-order valence-corrected chi connectivity index (χ4v) is 2.43. The van der Waals surface area contributed by atoms with E-state index in [1.807, 2.05) is 36.5 Å². The van der Waals surface area contributed by atoms with Crippen LogP contribution in [0.15, 0.2) is 67.0 Å². The van der Waals surface area contributed by atoms with Gasteiger partial charge in [-0.3, -0.25) is 4.79 Å². The summed E-state index contributed by atoms with van der Waals surface area (Å²) in [4.78, 5) is 12.0. The molecule has 0 radical (unpaired) electrons. The normalized spacial score (nSPS) is 11.3. The lowest BCUT2D eigenvalue weighted by Gasteiger charge is -2.08. The lowest BCUT2D eigenvalue weighted by molar-refractivity contribution is -0.137. The summed E-state index contributed by atoms with van der Waals surface area (Å²) in [5, 5.41) is 6.98. The summed E-state index contributed by atoms with van der Waals surface area (Å²) in [5.74, 6) is -0.266. The Balaban J connectivity index is 1.54. The molecule has 0 fully saturated rings. The largest absolute Gasteiger partial charge is 0.416 e. The van der Waals surface area contributed by atoms with Gasteiger partial charge >= 0.3 is 6.18 Å². The van der Waals surface area contributed by atoms with Crippen LogP contribution in [0.2, 0.25) is 0 Å². The van der Waals surface area contributed by atoms with Crippen molar-refractivity contribution in [3.63, 3.8) is 0 Å². The van der Waals surface area contributed by atoms with E-state index >= 15 is 0 Å². The third-order valence-electron chi connectivity index (χ3n) is 3.79. The first-order valence-electron chi connectivity index (χ1n) is 7.93. The van der Waals surface area contributed by atoms with Crippen molar-refractivity contribution in [1.82, 2.24) is 15.1 Å². The number of nitrogens with zero attached hydrogens (tertiary/aromatic N) is 2. The summed E-state index contributed by atoms with van der Waals surface area (Å²) >= 11 is 0. The number of alkyl halides is 3. The maximum Gasteiger partial charge on any atom is 0.416 e. The second-order valence-electron chi connectivity index (χ2n) is 5.78. The van der Waals surface area contributed by atoms with Crippen LogP contribution in [0.25, 0.3) is 5.69 Å². The monoisotopic (exact) mass is 359 g/mol. The minimum Gasteiger partial charge on any atom is -0.352 e. The topological polar surface area (TPSA) is 46.9 Å². The molecule has 0 saturated heterocycles. The zero-order valence-electron chi connectivity index (χ0n) is 13.7. The van der Waals surface area contributed by atoms with Crippen molar-refractivity contribution in [3.8, 4) is 5.69 Å². The predicted octanol–water partition coefficient (Wildman–Crippen LogP) is 3.75. The van der Waals surface area contributed by atoms with Gasteiger partial charge in [0.1, 0.15) is 0 Å². The number of nitrogens with one attached hydrogen (secondary N) is 1. The van der Waals surface area contributed by atoms with Gasteiger partial charge in [0, 0.05) is 18.3 Å². The second-order valence-corrected chi connectivity index (χ2v) is 5.78. The Kier molecular flexibility index (Phi) is 5.06. The fraction of sp³-hybridized carbons (Fsp3) is 0.158. The van der Waals surface area contributed by atoms with E-state index < -0.39 is 11.7 Å². The summed E-state index contributed by atoms with van der Waals surface area (Å²) in [6.45, 7) is 0.298. The lowest BCUT2D eigenvalue weighted by Crippen LogP contribution is -2.24. The Morgan fingerprint density at radius 3 is 2.35 bits per heavy atom. The molecule has 0 saturated carbocycles. The molecule has 0 aliphatic carbocycles. The highest BCUT2D eigenvalue weighted by Crippen LogP contribution is 2.29. The fourth-order valence-electron chi connectivity index (χ4n) is 2.43. The zero-order valence-corrected chi connectivity index (χ0v) is 13.7. The Morgan fingerprint density at radius 2 is 1.69 bits per heavy atom. The van der Waals surface area contributed by atoms with Gasteiger partial charge in [-0.2, -0.15) is 18.3 Å². The van der Waals surface area contributed by atoms with Gasteiger partial charge in [-0.05, 0) is 29.8 Å². The van der Waals surface area contributed by atoms with Crippen LogP contribution in [-0.4, -0.2) is 15.7 Å². The molecule has 0 spiro atoms. The number of hydrogen-bond donors (Lipinski definition) is 1. The van der Waals surface area contributed by atoms with Gasteiger partial charge < -0.3 is 5.32 Å². The van der Waals surface area contributed by atoms with Crippen LogP contribution < -0.4 is 5.32 Å². The van der Waals surface area contributed by atoms with Crippen molar-refractivity contribution >= 4 is 5.91 Å². The molecular weight excluding hydrogens is 343 g/mol. The quantitative estimate of drug-likeness (QED) is 0.754. The van der Waals surface area contributed by atoms with Crippen molar-refractivity contribution in [2.45, 2.75) is 19.1 Å².